The second-order valence-electron chi connectivity index (χ2n) is 6.13. The summed E-state index contributed by atoms with van der Waals surface area (Å²) in [5.41, 5.74) is 2.30. The number of rotatable bonds is 8. The molecule has 3 rings (SSSR count). The van der Waals surface area contributed by atoms with Crippen LogP contribution in [0.15, 0.2) is 72.8 Å². The summed E-state index contributed by atoms with van der Waals surface area (Å²) in [5.74, 6) is 1.52. The molecule has 0 saturated carbocycles. The number of benzene rings is 3. The minimum atomic E-state index is -0.263. The number of anilines is 1. The molecule has 3 aromatic rings. The molecule has 0 fully saturated rings. The third-order valence-electron chi connectivity index (χ3n) is 4.25. The lowest BCUT2D eigenvalue weighted by Gasteiger charge is -2.12. The highest BCUT2D eigenvalue weighted by atomic mass is 16.5. The van der Waals surface area contributed by atoms with Crippen molar-refractivity contribution in [2.24, 2.45) is 0 Å². The van der Waals surface area contributed by atoms with Gasteiger partial charge in [-0.1, -0.05) is 36.4 Å². The Hall–Kier alpha value is -3.47. The average Bonchev–Trinajstić information content (AvgIpc) is 2.74. The summed E-state index contributed by atoms with van der Waals surface area (Å²) in [5, 5.41) is 2.88. The Morgan fingerprint density at radius 3 is 2.43 bits per heavy atom. The van der Waals surface area contributed by atoms with E-state index in [2.05, 4.69) is 17.4 Å². The molecule has 3 aromatic carbocycles. The Morgan fingerprint density at radius 2 is 1.68 bits per heavy atom. The molecule has 5 nitrogen and oxygen atoms in total. The van der Waals surface area contributed by atoms with E-state index >= 15 is 0 Å². The molecule has 0 spiro atoms. The minimum Gasteiger partial charge on any atom is -0.497 e. The van der Waals surface area contributed by atoms with Crippen molar-refractivity contribution in [3.05, 3.63) is 83.9 Å². The first-order valence-electron chi connectivity index (χ1n) is 9.00. The fraction of sp³-hybridized carbons (Fsp3) is 0.174. The van der Waals surface area contributed by atoms with Crippen molar-refractivity contribution >= 4 is 11.6 Å². The molecule has 0 unspecified atom stereocenters. The van der Waals surface area contributed by atoms with Gasteiger partial charge in [0.1, 0.15) is 17.2 Å². The first kappa shape index (κ1) is 19.3. The van der Waals surface area contributed by atoms with Crippen LogP contribution in [0.25, 0.3) is 0 Å². The van der Waals surface area contributed by atoms with E-state index in [1.54, 1.807) is 31.4 Å². The number of carbonyl (C=O) groups is 1. The number of hydrogen-bond acceptors (Lipinski definition) is 4. The van der Waals surface area contributed by atoms with Gasteiger partial charge in [0, 0.05) is 24.2 Å². The quantitative estimate of drug-likeness (QED) is 0.624. The summed E-state index contributed by atoms with van der Waals surface area (Å²) in [6.07, 6.45) is 0.820. The van der Waals surface area contributed by atoms with Crippen LogP contribution in [0.3, 0.4) is 0 Å². The Morgan fingerprint density at radius 1 is 0.857 bits per heavy atom. The number of nitrogens with one attached hydrogen (secondary N) is 1. The number of carbonyl (C=O) groups excluding carboxylic acids is 1. The van der Waals surface area contributed by atoms with Crippen molar-refractivity contribution in [2.45, 2.75) is 6.42 Å². The lowest BCUT2D eigenvalue weighted by atomic mass is 10.1. The lowest BCUT2D eigenvalue weighted by Crippen LogP contribution is -2.13. The number of amides is 1. The highest BCUT2D eigenvalue weighted by Gasteiger charge is 2.14. The smallest absolute Gasteiger partial charge is 0.259 e. The molecule has 1 N–H and O–H groups in total. The third kappa shape index (κ3) is 5.04. The van der Waals surface area contributed by atoms with E-state index in [-0.39, 0.29) is 5.91 Å². The Balaban J connectivity index is 1.63. The molecule has 0 atom stereocenters. The molecule has 1 amide bonds. The predicted octanol–water partition coefficient (Wildman–Crippen LogP) is 4.58. The molecule has 28 heavy (non-hydrogen) atoms. The summed E-state index contributed by atoms with van der Waals surface area (Å²) >= 11 is 0. The van der Waals surface area contributed by atoms with E-state index in [1.165, 1.54) is 12.7 Å². The molecule has 0 saturated heterocycles. The average molecular weight is 377 g/mol. The topological polar surface area (TPSA) is 56.8 Å². The molecular weight excluding hydrogens is 354 g/mol. The maximum atomic E-state index is 12.6. The Bertz CT molecular complexity index is 925. The second kappa shape index (κ2) is 9.46. The Kier molecular flexibility index (Phi) is 6.52. The fourth-order valence-electron chi connectivity index (χ4n) is 2.78. The zero-order chi connectivity index (χ0) is 19.8. The summed E-state index contributed by atoms with van der Waals surface area (Å²) in [6.45, 7) is 0.563. The van der Waals surface area contributed by atoms with Crippen molar-refractivity contribution in [1.29, 1.82) is 0 Å². The maximum Gasteiger partial charge on any atom is 0.259 e. The van der Waals surface area contributed by atoms with Gasteiger partial charge < -0.3 is 19.5 Å². The lowest BCUT2D eigenvalue weighted by molar-refractivity contribution is 0.102. The van der Waals surface area contributed by atoms with Gasteiger partial charge in [0.05, 0.1) is 26.4 Å². The van der Waals surface area contributed by atoms with E-state index in [4.69, 9.17) is 14.2 Å². The fourth-order valence-corrected chi connectivity index (χ4v) is 2.78. The van der Waals surface area contributed by atoms with Gasteiger partial charge in [-0.05, 0) is 29.8 Å². The highest BCUT2D eigenvalue weighted by molar-refractivity contribution is 6.06. The van der Waals surface area contributed by atoms with Crippen LogP contribution in [0.1, 0.15) is 15.9 Å². The van der Waals surface area contributed by atoms with Crippen LogP contribution < -0.4 is 19.5 Å². The van der Waals surface area contributed by atoms with E-state index in [1.807, 2.05) is 36.4 Å². The third-order valence-corrected chi connectivity index (χ3v) is 4.25. The molecule has 5 heteroatoms. The standard InChI is InChI=1S/C23H23NO4/c1-26-19-11-12-21(22(16-19)27-2)23(25)24-18-9-6-10-20(15-18)28-14-13-17-7-4-3-5-8-17/h3-12,15-16H,13-14H2,1-2H3,(H,24,25). The van der Waals surface area contributed by atoms with Crippen molar-refractivity contribution in [2.75, 3.05) is 26.1 Å². The van der Waals surface area contributed by atoms with E-state index < -0.39 is 0 Å². The van der Waals surface area contributed by atoms with Gasteiger partial charge in [0.2, 0.25) is 0 Å². The van der Waals surface area contributed by atoms with Gasteiger partial charge in [-0.15, -0.1) is 0 Å². The number of methoxy groups -OCH3 is 2. The summed E-state index contributed by atoms with van der Waals surface area (Å²) in [6, 6.07) is 22.6. The summed E-state index contributed by atoms with van der Waals surface area (Å²) in [4.78, 5) is 12.6. The van der Waals surface area contributed by atoms with Crippen LogP contribution >= 0.6 is 0 Å². The minimum absolute atomic E-state index is 0.263. The molecule has 0 radical (unpaired) electrons. The summed E-state index contributed by atoms with van der Waals surface area (Å²) < 4.78 is 16.3. The van der Waals surface area contributed by atoms with E-state index in [9.17, 15) is 4.79 Å². The van der Waals surface area contributed by atoms with Crippen LogP contribution in [0.4, 0.5) is 5.69 Å². The first-order chi connectivity index (χ1) is 13.7. The monoisotopic (exact) mass is 377 g/mol. The largest absolute Gasteiger partial charge is 0.497 e. The highest BCUT2D eigenvalue weighted by Crippen LogP contribution is 2.26. The SMILES string of the molecule is COc1ccc(C(=O)Nc2cccc(OCCc3ccccc3)c2)c(OC)c1. The molecule has 0 bridgehead atoms. The van der Waals surface area contributed by atoms with E-state index in [0.717, 1.165) is 6.42 Å². The van der Waals surface area contributed by atoms with Gasteiger partial charge in [-0.3, -0.25) is 4.79 Å². The van der Waals surface area contributed by atoms with Crippen molar-refractivity contribution < 1.29 is 19.0 Å². The van der Waals surface area contributed by atoms with E-state index in [0.29, 0.717) is 35.1 Å². The van der Waals surface area contributed by atoms with Gasteiger partial charge in [-0.2, -0.15) is 0 Å². The second-order valence-corrected chi connectivity index (χ2v) is 6.13. The molecule has 0 heterocycles. The van der Waals surface area contributed by atoms with Gasteiger partial charge >= 0.3 is 0 Å². The number of ether oxygens (including phenoxy) is 3. The molecule has 0 aliphatic heterocycles. The molecule has 0 aliphatic carbocycles. The normalized spacial score (nSPS) is 10.2. The molecule has 0 aliphatic rings. The summed E-state index contributed by atoms with van der Waals surface area (Å²) in [7, 11) is 3.09. The number of hydrogen-bond donors (Lipinski definition) is 1. The first-order valence-corrected chi connectivity index (χ1v) is 9.00. The van der Waals surface area contributed by atoms with Crippen molar-refractivity contribution in [3.8, 4) is 17.2 Å². The van der Waals surface area contributed by atoms with Crippen LogP contribution in [-0.4, -0.2) is 26.7 Å². The predicted molar refractivity (Wildman–Crippen MR) is 110 cm³/mol. The van der Waals surface area contributed by atoms with Crippen LogP contribution in [0.2, 0.25) is 0 Å². The van der Waals surface area contributed by atoms with Gasteiger partial charge in [0.15, 0.2) is 0 Å². The van der Waals surface area contributed by atoms with Crippen LogP contribution in [0, 0.1) is 0 Å². The van der Waals surface area contributed by atoms with Crippen LogP contribution in [-0.2, 0) is 6.42 Å². The molecular formula is C23H23NO4. The zero-order valence-electron chi connectivity index (χ0n) is 16.0. The maximum absolute atomic E-state index is 12.6. The Labute approximate surface area is 164 Å². The van der Waals surface area contributed by atoms with Crippen molar-refractivity contribution in [3.63, 3.8) is 0 Å². The molecule has 144 valence electrons. The van der Waals surface area contributed by atoms with Crippen molar-refractivity contribution in [1.82, 2.24) is 0 Å². The van der Waals surface area contributed by atoms with Gasteiger partial charge in [0.25, 0.3) is 5.91 Å². The van der Waals surface area contributed by atoms with Gasteiger partial charge in [-0.25, -0.2) is 0 Å². The molecule has 0 aromatic heterocycles. The zero-order valence-corrected chi connectivity index (χ0v) is 16.0. The van der Waals surface area contributed by atoms with Crippen LogP contribution in [0.5, 0.6) is 17.2 Å².